The highest BCUT2D eigenvalue weighted by Crippen LogP contribution is 2.29. The predicted octanol–water partition coefficient (Wildman–Crippen LogP) is 3.83. The summed E-state index contributed by atoms with van der Waals surface area (Å²) in [4.78, 5) is 17.1. The topological polar surface area (TPSA) is 59.9 Å². The van der Waals surface area contributed by atoms with E-state index < -0.39 is 6.61 Å². The van der Waals surface area contributed by atoms with Gasteiger partial charge in [-0.2, -0.15) is 8.78 Å². The molecule has 2 aromatic carbocycles. The van der Waals surface area contributed by atoms with E-state index in [9.17, 15) is 13.6 Å². The highest BCUT2D eigenvalue weighted by molar-refractivity contribution is 5.83. The molecule has 27 heavy (non-hydrogen) atoms. The molecule has 1 N–H and O–H groups in total. The van der Waals surface area contributed by atoms with Crippen molar-refractivity contribution in [2.75, 3.05) is 6.61 Å². The lowest BCUT2D eigenvalue weighted by Crippen LogP contribution is -2.33. The molecule has 0 saturated carbocycles. The van der Waals surface area contributed by atoms with Gasteiger partial charge in [-0.1, -0.05) is 41.6 Å². The highest BCUT2D eigenvalue weighted by Gasteiger charge is 2.21. The number of hydrogen-bond donors (Lipinski definition) is 1. The van der Waals surface area contributed by atoms with E-state index in [0.29, 0.717) is 5.56 Å². The average Bonchev–Trinajstić information content (AvgIpc) is 2.66. The molecule has 0 fully saturated rings. The van der Waals surface area contributed by atoms with Gasteiger partial charge in [-0.05, 0) is 42.5 Å². The van der Waals surface area contributed by atoms with Gasteiger partial charge in [0.1, 0.15) is 5.75 Å². The minimum Gasteiger partial charge on any atom is -0.434 e. The highest BCUT2D eigenvalue weighted by atomic mass is 19.3. The Balaban J connectivity index is 1.52. The standard InChI is InChI=1S/C20H20F2N2O3/c21-20(22)27-18-11-4-2-7-15(18)12-23-26-13-19(25)24-17-10-5-8-14-6-1-3-9-16(14)17/h1-4,6-7,9,11-12,17,20H,5,8,10,13H2,(H,24,25)/b23-12-/t17-/m1/s1. The molecule has 0 radical (unpaired) electrons. The molecule has 7 heteroatoms. The fourth-order valence-corrected chi connectivity index (χ4v) is 3.12. The number of amides is 1. The summed E-state index contributed by atoms with van der Waals surface area (Å²) in [5, 5.41) is 6.63. The molecular weight excluding hydrogens is 354 g/mol. The van der Waals surface area contributed by atoms with Gasteiger partial charge in [0.15, 0.2) is 6.61 Å². The van der Waals surface area contributed by atoms with Crippen molar-refractivity contribution in [3.63, 3.8) is 0 Å². The Bertz CT molecular complexity index is 811. The Morgan fingerprint density at radius 3 is 2.85 bits per heavy atom. The third kappa shape index (κ3) is 5.26. The van der Waals surface area contributed by atoms with Crippen LogP contribution in [0.15, 0.2) is 53.7 Å². The van der Waals surface area contributed by atoms with Crippen molar-refractivity contribution in [1.82, 2.24) is 5.32 Å². The molecule has 1 amide bonds. The van der Waals surface area contributed by atoms with Gasteiger partial charge in [0, 0.05) is 5.56 Å². The van der Waals surface area contributed by atoms with Crippen LogP contribution in [0.2, 0.25) is 0 Å². The number of nitrogens with one attached hydrogen (secondary N) is 1. The van der Waals surface area contributed by atoms with Crippen LogP contribution in [-0.4, -0.2) is 25.3 Å². The molecule has 3 rings (SSSR count). The largest absolute Gasteiger partial charge is 0.434 e. The van der Waals surface area contributed by atoms with Crippen molar-refractivity contribution < 1.29 is 23.1 Å². The number of ether oxygens (including phenoxy) is 1. The second kappa shape index (κ2) is 9.12. The number of aryl methyl sites for hydroxylation is 1. The van der Waals surface area contributed by atoms with Crippen LogP contribution in [0.1, 0.15) is 35.6 Å². The van der Waals surface area contributed by atoms with Gasteiger partial charge in [-0.15, -0.1) is 0 Å². The molecule has 0 saturated heterocycles. The van der Waals surface area contributed by atoms with Gasteiger partial charge in [0.05, 0.1) is 12.3 Å². The van der Waals surface area contributed by atoms with Crippen LogP contribution < -0.4 is 10.1 Å². The lowest BCUT2D eigenvalue weighted by atomic mass is 9.88. The first-order chi connectivity index (χ1) is 13.1. The molecule has 5 nitrogen and oxygen atoms in total. The van der Waals surface area contributed by atoms with E-state index in [1.807, 2.05) is 18.2 Å². The molecule has 142 valence electrons. The number of hydrogen-bond acceptors (Lipinski definition) is 4. The first-order valence-corrected chi connectivity index (χ1v) is 8.70. The van der Waals surface area contributed by atoms with E-state index in [1.165, 1.54) is 17.8 Å². The van der Waals surface area contributed by atoms with Gasteiger partial charge in [-0.3, -0.25) is 4.79 Å². The van der Waals surface area contributed by atoms with Crippen LogP contribution in [0, 0.1) is 0 Å². The lowest BCUT2D eigenvalue weighted by Gasteiger charge is -2.26. The fraction of sp³-hybridized carbons (Fsp3) is 0.300. The number of benzene rings is 2. The predicted molar refractivity (Wildman–Crippen MR) is 96.9 cm³/mol. The second-order valence-electron chi connectivity index (χ2n) is 6.14. The molecule has 0 aromatic heterocycles. The maximum Gasteiger partial charge on any atom is 0.387 e. The third-order valence-corrected chi connectivity index (χ3v) is 4.30. The van der Waals surface area contributed by atoms with Gasteiger partial charge in [-0.25, -0.2) is 0 Å². The molecule has 0 unspecified atom stereocenters. The van der Waals surface area contributed by atoms with Crippen LogP contribution in [0.4, 0.5) is 8.78 Å². The molecule has 1 aliphatic rings. The van der Waals surface area contributed by atoms with E-state index in [4.69, 9.17) is 4.84 Å². The molecule has 2 aromatic rings. The number of carbonyl (C=O) groups excluding carboxylic acids is 1. The Kier molecular flexibility index (Phi) is 6.35. The summed E-state index contributed by atoms with van der Waals surface area (Å²) >= 11 is 0. The minimum atomic E-state index is -2.93. The molecule has 1 aliphatic carbocycles. The summed E-state index contributed by atoms with van der Waals surface area (Å²) in [5.41, 5.74) is 2.72. The SMILES string of the molecule is O=C(CO/N=C\c1ccccc1OC(F)F)N[C@@H]1CCCc2ccccc21. The van der Waals surface area contributed by atoms with E-state index in [2.05, 4.69) is 21.3 Å². The third-order valence-electron chi connectivity index (χ3n) is 4.30. The zero-order valence-electron chi connectivity index (χ0n) is 14.6. The summed E-state index contributed by atoms with van der Waals surface area (Å²) in [6.07, 6.45) is 4.15. The zero-order valence-corrected chi connectivity index (χ0v) is 14.6. The van der Waals surface area contributed by atoms with Crippen LogP contribution >= 0.6 is 0 Å². The number of alkyl halides is 2. The number of fused-ring (bicyclic) bond motifs is 1. The molecule has 0 aliphatic heterocycles. The van der Waals surface area contributed by atoms with Crippen LogP contribution in [0.3, 0.4) is 0 Å². The van der Waals surface area contributed by atoms with Crippen molar-refractivity contribution in [2.24, 2.45) is 5.16 Å². The van der Waals surface area contributed by atoms with Crippen molar-refractivity contribution in [1.29, 1.82) is 0 Å². The van der Waals surface area contributed by atoms with Gasteiger partial charge in [0.2, 0.25) is 0 Å². The van der Waals surface area contributed by atoms with E-state index in [1.54, 1.807) is 18.2 Å². The first-order valence-electron chi connectivity index (χ1n) is 8.70. The minimum absolute atomic E-state index is 0.0110. The van der Waals surface area contributed by atoms with Gasteiger partial charge in [0.25, 0.3) is 5.91 Å². The normalized spacial score (nSPS) is 16.2. The monoisotopic (exact) mass is 374 g/mol. The van der Waals surface area contributed by atoms with Crippen molar-refractivity contribution in [3.05, 3.63) is 65.2 Å². The Morgan fingerprint density at radius 1 is 1.22 bits per heavy atom. The summed E-state index contributed by atoms with van der Waals surface area (Å²) in [7, 11) is 0. The Hall–Kier alpha value is -2.96. The quantitative estimate of drug-likeness (QED) is 0.592. The Labute approximate surface area is 156 Å². The van der Waals surface area contributed by atoms with Gasteiger partial charge >= 0.3 is 6.61 Å². The number of rotatable bonds is 7. The van der Waals surface area contributed by atoms with Crippen LogP contribution in [0.5, 0.6) is 5.75 Å². The van der Waals surface area contributed by atoms with Gasteiger partial charge < -0.3 is 14.9 Å². The van der Waals surface area contributed by atoms with E-state index >= 15 is 0 Å². The van der Waals surface area contributed by atoms with E-state index in [0.717, 1.165) is 24.8 Å². The fourth-order valence-electron chi connectivity index (χ4n) is 3.12. The van der Waals surface area contributed by atoms with Crippen LogP contribution in [0.25, 0.3) is 0 Å². The second-order valence-corrected chi connectivity index (χ2v) is 6.14. The number of carbonyl (C=O) groups is 1. The number of nitrogens with zero attached hydrogens (tertiary/aromatic N) is 1. The average molecular weight is 374 g/mol. The maximum atomic E-state index is 12.4. The summed E-state index contributed by atoms with van der Waals surface area (Å²) in [6, 6.07) is 14.2. The van der Waals surface area contributed by atoms with Crippen molar-refractivity contribution in [3.8, 4) is 5.75 Å². The van der Waals surface area contributed by atoms with Crippen molar-refractivity contribution in [2.45, 2.75) is 31.9 Å². The number of oxime groups is 1. The summed E-state index contributed by atoms with van der Waals surface area (Å²) in [6.45, 7) is -3.18. The first kappa shape index (κ1) is 18.8. The van der Waals surface area contributed by atoms with Crippen LogP contribution in [-0.2, 0) is 16.1 Å². The summed E-state index contributed by atoms with van der Waals surface area (Å²) < 4.78 is 29.1. The molecular formula is C20H20F2N2O3. The number of halogens is 2. The Morgan fingerprint density at radius 2 is 2.00 bits per heavy atom. The molecule has 1 atom stereocenters. The van der Waals surface area contributed by atoms with Crippen molar-refractivity contribution >= 4 is 12.1 Å². The smallest absolute Gasteiger partial charge is 0.387 e. The van der Waals surface area contributed by atoms with E-state index in [-0.39, 0.29) is 24.3 Å². The molecule has 0 heterocycles. The molecule has 0 bridgehead atoms. The summed E-state index contributed by atoms with van der Waals surface area (Å²) in [5.74, 6) is -0.297. The maximum absolute atomic E-state index is 12.4. The molecule has 0 spiro atoms. The lowest BCUT2D eigenvalue weighted by molar-refractivity contribution is -0.126. The zero-order chi connectivity index (χ0) is 19.1. The number of para-hydroxylation sites is 1.